The zero-order chi connectivity index (χ0) is 27.5. The number of fused-ring (bicyclic) bond motifs is 3. The molecular weight excluding hydrogens is 520 g/mol. The van der Waals surface area contributed by atoms with Crippen LogP contribution in [-0.2, 0) is 13.0 Å². The van der Waals surface area contributed by atoms with Gasteiger partial charge in [0, 0.05) is 30.3 Å². The van der Waals surface area contributed by atoms with E-state index in [2.05, 4.69) is 32.6 Å². The van der Waals surface area contributed by atoms with Crippen molar-refractivity contribution >= 4 is 22.9 Å². The third-order valence-corrected chi connectivity index (χ3v) is 7.60. The van der Waals surface area contributed by atoms with Crippen LogP contribution in [-0.4, -0.2) is 51.6 Å². The van der Waals surface area contributed by atoms with Gasteiger partial charge in [0.1, 0.15) is 17.9 Å². The van der Waals surface area contributed by atoms with Gasteiger partial charge < -0.3 is 15.8 Å². The number of ether oxygens (including phenoxy) is 1. The molecule has 0 spiro atoms. The maximum absolute atomic E-state index is 13.0. The summed E-state index contributed by atoms with van der Waals surface area (Å²) in [5.74, 6) is 2.13. The number of nitrogen functional groups attached to an aromatic ring is 1. The lowest BCUT2D eigenvalue weighted by atomic mass is 10.1. The molecule has 1 aliphatic carbocycles. The van der Waals surface area contributed by atoms with E-state index < -0.39 is 0 Å². The minimum Gasteiger partial charge on any atom is -0.476 e. The van der Waals surface area contributed by atoms with Crippen molar-refractivity contribution in [1.82, 2.24) is 44.4 Å². The molecule has 0 saturated carbocycles. The fourth-order valence-electron chi connectivity index (χ4n) is 5.66. The SMILES string of the molecule is Nc1ncccc1-c1nc2ccc(-n3cccn3)nc2n1-c1ccc2c(c1)CC[C@@H]2NC(=O)c1cc2n(n1)CCO2. The first-order valence-electron chi connectivity index (χ1n) is 13.4. The number of anilines is 1. The molecule has 0 radical (unpaired) electrons. The van der Waals surface area contributed by atoms with Crippen LogP contribution in [0.5, 0.6) is 5.88 Å². The van der Waals surface area contributed by atoms with Gasteiger partial charge in [-0.05, 0) is 66.4 Å². The molecule has 6 aromatic rings. The molecule has 0 fully saturated rings. The summed E-state index contributed by atoms with van der Waals surface area (Å²) >= 11 is 0. The van der Waals surface area contributed by atoms with Crippen molar-refractivity contribution in [3.63, 3.8) is 0 Å². The summed E-state index contributed by atoms with van der Waals surface area (Å²) in [6.07, 6.45) is 6.84. The zero-order valence-corrected chi connectivity index (χ0v) is 21.8. The average molecular weight is 545 g/mol. The highest BCUT2D eigenvalue weighted by atomic mass is 16.5. The number of carbonyl (C=O) groups excluding carboxylic acids is 1. The maximum Gasteiger partial charge on any atom is 0.272 e. The molecule has 1 aliphatic heterocycles. The largest absolute Gasteiger partial charge is 0.476 e. The molecule has 6 heterocycles. The number of nitrogens with two attached hydrogens (primary N) is 1. The summed E-state index contributed by atoms with van der Waals surface area (Å²) in [5, 5.41) is 11.9. The number of hydrogen-bond donors (Lipinski definition) is 2. The van der Waals surface area contributed by atoms with Gasteiger partial charge in [0.05, 0.1) is 18.2 Å². The van der Waals surface area contributed by atoms with E-state index in [1.54, 1.807) is 27.8 Å². The van der Waals surface area contributed by atoms with Crippen molar-refractivity contribution in [3.8, 4) is 28.8 Å². The number of imidazole rings is 1. The molecule has 202 valence electrons. The van der Waals surface area contributed by atoms with Gasteiger partial charge in [0.2, 0.25) is 5.88 Å². The zero-order valence-electron chi connectivity index (χ0n) is 21.8. The number of amides is 1. The first-order valence-corrected chi connectivity index (χ1v) is 13.4. The van der Waals surface area contributed by atoms with Crippen LogP contribution < -0.4 is 15.8 Å². The van der Waals surface area contributed by atoms with Crippen LogP contribution in [0, 0.1) is 0 Å². The minimum atomic E-state index is -0.206. The maximum atomic E-state index is 13.0. The predicted molar refractivity (Wildman–Crippen MR) is 150 cm³/mol. The van der Waals surface area contributed by atoms with E-state index in [9.17, 15) is 4.79 Å². The highest BCUT2D eigenvalue weighted by Crippen LogP contribution is 2.36. The van der Waals surface area contributed by atoms with Gasteiger partial charge in [-0.3, -0.25) is 9.36 Å². The second-order valence-corrected chi connectivity index (χ2v) is 10.1. The molecule has 8 rings (SSSR count). The lowest BCUT2D eigenvalue weighted by molar-refractivity contribution is 0.0930. The highest BCUT2D eigenvalue weighted by molar-refractivity contribution is 5.93. The molecule has 12 heteroatoms. The lowest BCUT2D eigenvalue weighted by Gasteiger charge is -2.15. The van der Waals surface area contributed by atoms with E-state index in [4.69, 9.17) is 20.4 Å². The number of nitrogens with one attached hydrogen (secondary N) is 1. The van der Waals surface area contributed by atoms with Crippen molar-refractivity contribution < 1.29 is 9.53 Å². The van der Waals surface area contributed by atoms with E-state index in [1.165, 1.54) is 0 Å². The number of hydrogen-bond acceptors (Lipinski definition) is 8. The molecular formula is C29H24N10O2. The molecule has 1 atom stereocenters. The van der Waals surface area contributed by atoms with Gasteiger partial charge in [-0.2, -0.15) is 10.2 Å². The third-order valence-electron chi connectivity index (χ3n) is 7.60. The second kappa shape index (κ2) is 9.01. The van der Waals surface area contributed by atoms with Crippen LogP contribution >= 0.6 is 0 Å². The number of nitrogens with zero attached hydrogens (tertiary/aromatic N) is 8. The Bertz CT molecular complexity index is 1930. The van der Waals surface area contributed by atoms with Gasteiger partial charge in [-0.25, -0.2) is 24.3 Å². The fraction of sp³-hybridized carbons (Fsp3) is 0.172. The van der Waals surface area contributed by atoms with Gasteiger partial charge in [0.25, 0.3) is 5.91 Å². The van der Waals surface area contributed by atoms with Crippen molar-refractivity contribution in [3.05, 3.63) is 90.0 Å². The van der Waals surface area contributed by atoms with Crippen LogP contribution in [0.3, 0.4) is 0 Å². The van der Waals surface area contributed by atoms with Crippen LogP contribution in [0.2, 0.25) is 0 Å². The topological polar surface area (TPSA) is 144 Å². The number of aromatic nitrogens is 8. The van der Waals surface area contributed by atoms with Crippen molar-refractivity contribution in [2.24, 2.45) is 0 Å². The highest BCUT2D eigenvalue weighted by Gasteiger charge is 2.28. The number of rotatable bonds is 5. The fourth-order valence-corrected chi connectivity index (χ4v) is 5.66. The Labute approximate surface area is 233 Å². The Kier molecular flexibility index (Phi) is 5.14. The number of benzene rings is 1. The van der Waals surface area contributed by atoms with Crippen LogP contribution in [0.15, 0.2) is 73.2 Å². The molecule has 0 saturated heterocycles. The van der Waals surface area contributed by atoms with Crippen LogP contribution in [0.25, 0.3) is 34.1 Å². The molecule has 12 nitrogen and oxygen atoms in total. The summed E-state index contributed by atoms with van der Waals surface area (Å²) in [5.41, 5.74) is 11.9. The van der Waals surface area contributed by atoms with E-state index >= 15 is 0 Å². The van der Waals surface area contributed by atoms with Crippen molar-refractivity contribution in [2.75, 3.05) is 12.3 Å². The Morgan fingerprint density at radius 2 is 2.02 bits per heavy atom. The molecule has 1 aromatic carbocycles. The summed E-state index contributed by atoms with van der Waals surface area (Å²) in [4.78, 5) is 27.1. The van der Waals surface area contributed by atoms with Crippen molar-refractivity contribution in [1.29, 1.82) is 0 Å². The summed E-state index contributed by atoms with van der Waals surface area (Å²) in [6.45, 7) is 1.25. The van der Waals surface area contributed by atoms with Gasteiger partial charge in [-0.15, -0.1) is 0 Å². The van der Waals surface area contributed by atoms with E-state index in [-0.39, 0.29) is 11.9 Å². The Morgan fingerprint density at radius 3 is 2.88 bits per heavy atom. The summed E-state index contributed by atoms with van der Waals surface area (Å²) in [7, 11) is 0. The monoisotopic (exact) mass is 544 g/mol. The van der Waals surface area contributed by atoms with Crippen LogP contribution in [0.1, 0.15) is 34.1 Å². The smallest absolute Gasteiger partial charge is 0.272 e. The third kappa shape index (κ3) is 3.83. The molecule has 0 unspecified atom stereocenters. The van der Waals surface area contributed by atoms with Gasteiger partial charge >= 0.3 is 0 Å². The number of carbonyl (C=O) groups is 1. The van der Waals surface area contributed by atoms with Gasteiger partial charge in [0.15, 0.2) is 23.0 Å². The van der Waals surface area contributed by atoms with Crippen LogP contribution in [0.4, 0.5) is 5.82 Å². The van der Waals surface area contributed by atoms with Crippen molar-refractivity contribution in [2.45, 2.75) is 25.4 Å². The first kappa shape index (κ1) is 23.4. The molecule has 0 bridgehead atoms. The average Bonchev–Trinajstić information content (AvgIpc) is 3.80. The quantitative estimate of drug-likeness (QED) is 0.337. The van der Waals surface area contributed by atoms with E-state index in [0.29, 0.717) is 53.4 Å². The molecule has 5 aromatic heterocycles. The Hall–Kier alpha value is -5.52. The Balaban J connectivity index is 1.19. The molecule has 2 aliphatic rings. The summed E-state index contributed by atoms with van der Waals surface area (Å²) in [6, 6.07) is 17.2. The minimum absolute atomic E-state index is 0.110. The van der Waals surface area contributed by atoms with E-state index in [1.807, 2.05) is 47.2 Å². The second-order valence-electron chi connectivity index (χ2n) is 10.1. The molecule has 1 amide bonds. The Morgan fingerprint density at radius 1 is 1.07 bits per heavy atom. The normalized spacial score (nSPS) is 15.6. The first-order chi connectivity index (χ1) is 20.1. The number of aryl methyl sites for hydroxylation is 1. The standard InChI is InChI=1S/C29H24N10O2/c30-26-20(3-1-10-31-26)27-33-22-8-9-24(37-12-2-11-32-37)35-28(22)39(27)18-5-6-19-17(15-18)4-7-21(19)34-29(40)23-16-25-38(36-23)13-14-41-25/h1-3,5-6,8-12,15-16,21H,4,7,13-14H2,(H2,30,31)(H,34,40)/t21-/m0/s1. The predicted octanol–water partition coefficient (Wildman–Crippen LogP) is 3.26. The molecule has 3 N–H and O–H groups in total. The van der Waals surface area contributed by atoms with E-state index in [0.717, 1.165) is 35.2 Å². The number of pyridine rings is 2. The summed E-state index contributed by atoms with van der Waals surface area (Å²) < 4.78 is 10.9. The van der Waals surface area contributed by atoms with Gasteiger partial charge in [-0.1, -0.05) is 6.07 Å². The lowest BCUT2D eigenvalue weighted by Crippen LogP contribution is -2.27. The molecule has 41 heavy (non-hydrogen) atoms.